The van der Waals surface area contributed by atoms with E-state index in [1.165, 1.54) is 23.6 Å². The largest absolute Gasteiger partial charge is 0.396 e. The van der Waals surface area contributed by atoms with Crippen molar-refractivity contribution in [2.24, 2.45) is 7.05 Å². The van der Waals surface area contributed by atoms with Crippen LogP contribution in [0.2, 0.25) is 0 Å². The average Bonchev–Trinajstić information content (AvgIpc) is 2.61. The van der Waals surface area contributed by atoms with Crippen LogP contribution in [0.25, 0.3) is 0 Å². The van der Waals surface area contributed by atoms with E-state index in [-0.39, 0.29) is 0 Å². The van der Waals surface area contributed by atoms with Crippen molar-refractivity contribution in [2.75, 3.05) is 17.2 Å². The molecular weight excluding hydrogens is 170 g/mol. The van der Waals surface area contributed by atoms with E-state index in [0.717, 1.165) is 5.69 Å². The van der Waals surface area contributed by atoms with Gasteiger partial charge in [0.2, 0.25) is 0 Å². The Hall–Kier alpha value is -0.640. The number of nitrogen functional groups attached to an aromatic ring is 1. The molecule has 1 aliphatic rings. The van der Waals surface area contributed by atoms with Crippen molar-refractivity contribution in [3.05, 3.63) is 11.9 Å². The lowest BCUT2D eigenvalue weighted by Gasteiger charge is -2.09. The molecule has 0 radical (unpaired) electrons. The van der Waals surface area contributed by atoms with Crippen molar-refractivity contribution >= 4 is 17.4 Å². The highest BCUT2D eigenvalue weighted by molar-refractivity contribution is 7.99. The Morgan fingerprint density at radius 3 is 3.08 bits per heavy atom. The molecule has 4 heteroatoms. The number of thioether (sulfide) groups is 1. The molecule has 0 spiro atoms. The quantitative estimate of drug-likeness (QED) is 0.712. The molecule has 2 N–H and O–H groups in total. The van der Waals surface area contributed by atoms with Gasteiger partial charge in [-0.2, -0.15) is 16.9 Å². The van der Waals surface area contributed by atoms with Crippen LogP contribution in [0.5, 0.6) is 0 Å². The zero-order valence-electron chi connectivity index (χ0n) is 7.16. The topological polar surface area (TPSA) is 43.8 Å². The van der Waals surface area contributed by atoms with Crippen LogP contribution >= 0.6 is 11.8 Å². The molecule has 0 amide bonds. The molecule has 0 aromatic carbocycles. The summed E-state index contributed by atoms with van der Waals surface area (Å²) >= 11 is 2.00. The van der Waals surface area contributed by atoms with Gasteiger partial charge < -0.3 is 5.73 Å². The number of anilines is 1. The predicted octanol–water partition coefficient (Wildman–Crippen LogP) is 1.22. The molecule has 2 heterocycles. The summed E-state index contributed by atoms with van der Waals surface area (Å²) in [6.07, 6.45) is 2.99. The molecule has 1 aliphatic heterocycles. The number of hydrogen-bond donors (Lipinski definition) is 1. The summed E-state index contributed by atoms with van der Waals surface area (Å²) in [5.41, 5.74) is 7.90. The van der Waals surface area contributed by atoms with E-state index < -0.39 is 0 Å². The van der Waals surface area contributed by atoms with Crippen molar-refractivity contribution < 1.29 is 0 Å². The molecule has 12 heavy (non-hydrogen) atoms. The molecule has 0 aliphatic carbocycles. The van der Waals surface area contributed by atoms with Crippen LogP contribution in [0.4, 0.5) is 5.69 Å². The Labute approximate surface area is 76.3 Å². The van der Waals surface area contributed by atoms with E-state index in [9.17, 15) is 0 Å². The highest BCUT2D eigenvalue weighted by atomic mass is 32.2. The van der Waals surface area contributed by atoms with Gasteiger partial charge in [-0.15, -0.1) is 0 Å². The standard InChI is InChI=1S/C8H13N3S/c1-11-8(7(9)4-10-11)6-2-3-12-5-6/h4,6H,2-3,5,9H2,1H3. The third kappa shape index (κ3) is 1.20. The van der Waals surface area contributed by atoms with Crippen LogP contribution < -0.4 is 5.73 Å². The Morgan fingerprint density at radius 2 is 2.58 bits per heavy atom. The highest BCUT2D eigenvalue weighted by Crippen LogP contribution is 2.34. The van der Waals surface area contributed by atoms with Crippen molar-refractivity contribution in [2.45, 2.75) is 12.3 Å². The van der Waals surface area contributed by atoms with E-state index in [1.54, 1.807) is 6.20 Å². The Balaban J connectivity index is 2.30. The summed E-state index contributed by atoms with van der Waals surface area (Å²) in [6.45, 7) is 0. The number of nitrogens with two attached hydrogens (primary N) is 1. The van der Waals surface area contributed by atoms with E-state index in [2.05, 4.69) is 5.10 Å². The van der Waals surface area contributed by atoms with Gasteiger partial charge in [0.05, 0.1) is 17.6 Å². The molecule has 1 saturated heterocycles. The zero-order chi connectivity index (χ0) is 8.55. The normalized spacial score (nSPS) is 23.2. The number of aryl methyl sites for hydroxylation is 1. The molecule has 1 atom stereocenters. The fraction of sp³-hybridized carbons (Fsp3) is 0.625. The Morgan fingerprint density at radius 1 is 1.75 bits per heavy atom. The summed E-state index contributed by atoms with van der Waals surface area (Å²) in [4.78, 5) is 0. The van der Waals surface area contributed by atoms with Gasteiger partial charge in [0.25, 0.3) is 0 Å². The van der Waals surface area contributed by atoms with E-state index in [0.29, 0.717) is 5.92 Å². The number of rotatable bonds is 1. The third-order valence-corrected chi connectivity index (χ3v) is 3.49. The summed E-state index contributed by atoms with van der Waals surface area (Å²) in [6, 6.07) is 0. The molecule has 1 aromatic heterocycles. The van der Waals surface area contributed by atoms with Gasteiger partial charge in [-0.1, -0.05) is 0 Å². The van der Waals surface area contributed by atoms with E-state index in [4.69, 9.17) is 5.73 Å². The van der Waals surface area contributed by atoms with Crippen molar-refractivity contribution in [1.29, 1.82) is 0 Å². The fourth-order valence-corrected chi connectivity index (χ4v) is 2.94. The molecule has 66 valence electrons. The van der Waals surface area contributed by atoms with Gasteiger partial charge in [0.1, 0.15) is 0 Å². The lowest BCUT2D eigenvalue weighted by molar-refractivity contribution is 0.647. The van der Waals surface area contributed by atoms with Gasteiger partial charge in [0, 0.05) is 18.7 Å². The maximum absolute atomic E-state index is 5.83. The molecule has 1 fully saturated rings. The summed E-state index contributed by atoms with van der Waals surface area (Å²) in [5, 5.41) is 4.14. The van der Waals surface area contributed by atoms with Crippen molar-refractivity contribution in [3.8, 4) is 0 Å². The number of hydrogen-bond acceptors (Lipinski definition) is 3. The average molecular weight is 183 g/mol. The second-order valence-corrected chi connectivity index (χ2v) is 4.32. The molecule has 2 rings (SSSR count). The number of aromatic nitrogens is 2. The fourth-order valence-electron chi connectivity index (χ4n) is 1.71. The van der Waals surface area contributed by atoms with Gasteiger partial charge in [-0.05, 0) is 12.2 Å². The molecule has 0 saturated carbocycles. The second-order valence-electron chi connectivity index (χ2n) is 3.17. The van der Waals surface area contributed by atoms with Gasteiger partial charge in [0.15, 0.2) is 0 Å². The Kier molecular flexibility index (Phi) is 2.00. The smallest absolute Gasteiger partial charge is 0.0736 e. The maximum Gasteiger partial charge on any atom is 0.0736 e. The molecular formula is C8H13N3S. The lowest BCUT2D eigenvalue weighted by atomic mass is 10.0. The zero-order valence-corrected chi connectivity index (χ0v) is 7.97. The minimum Gasteiger partial charge on any atom is -0.396 e. The first-order chi connectivity index (χ1) is 5.79. The highest BCUT2D eigenvalue weighted by Gasteiger charge is 2.22. The molecule has 3 nitrogen and oxygen atoms in total. The van der Waals surface area contributed by atoms with Crippen molar-refractivity contribution in [3.63, 3.8) is 0 Å². The van der Waals surface area contributed by atoms with Crippen molar-refractivity contribution in [1.82, 2.24) is 9.78 Å². The Bertz CT molecular complexity index is 256. The molecule has 1 aromatic rings. The monoisotopic (exact) mass is 183 g/mol. The lowest BCUT2D eigenvalue weighted by Crippen LogP contribution is -2.07. The minimum absolute atomic E-state index is 0.627. The van der Waals surface area contributed by atoms with Crippen LogP contribution in [0.3, 0.4) is 0 Å². The first kappa shape index (κ1) is 7.98. The van der Waals surface area contributed by atoms with E-state index >= 15 is 0 Å². The minimum atomic E-state index is 0.627. The molecule has 1 unspecified atom stereocenters. The van der Waals surface area contributed by atoms with Gasteiger partial charge in [-0.3, -0.25) is 4.68 Å². The number of nitrogens with zero attached hydrogens (tertiary/aromatic N) is 2. The van der Waals surface area contributed by atoms with Gasteiger partial charge in [-0.25, -0.2) is 0 Å². The third-order valence-electron chi connectivity index (χ3n) is 2.33. The first-order valence-corrected chi connectivity index (χ1v) is 5.29. The van der Waals surface area contributed by atoms with Crippen LogP contribution in [0.1, 0.15) is 18.0 Å². The SMILES string of the molecule is Cn1ncc(N)c1C1CCSC1. The summed E-state index contributed by atoms with van der Waals surface area (Å²) in [5.74, 6) is 3.08. The summed E-state index contributed by atoms with van der Waals surface area (Å²) < 4.78 is 1.91. The van der Waals surface area contributed by atoms with Crippen LogP contribution in [0.15, 0.2) is 6.20 Å². The second kappa shape index (κ2) is 3.01. The molecule has 0 bridgehead atoms. The van der Waals surface area contributed by atoms with E-state index in [1.807, 2.05) is 23.5 Å². The first-order valence-electron chi connectivity index (χ1n) is 4.14. The van der Waals surface area contributed by atoms with Crippen LogP contribution in [0, 0.1) is 0 Å². The predicted molar refractivity (Wildman–Crippen MR) is 52.3 cm³/mol. The summed E-state index contributed by atoms with van der Waals surface area (Å²) in [7, 11) is 1.97. The maximum atomic E-state index is 5.83. The van der Waals surface area contributed by atoms with Crippen LogP contribution in [-0.2, 0) is 7.05 Å². The van der Waals surface area contributed by atoms with Crippen LogP contribution in [-0.4, -0.2) is 21.3 Å². The van der Waals surface area contributed by atoms with Gasteiger partial charge >= 0.3 is 0 Å².